The van der Waals surface area contributed by atoms with Crippen LogP contribution in [0, 0.1) is 0 Å². The lowest BCUT2D eigenvalue weighted by Gasteiger charge is -2.23. The highest BCUT2D eigenvalue weighted by atomic mass is 32.1. The number of aromatic amines is 1. The number of aromatic nitrogens is 3. The molecule has 0 aliphatic heterocycles. The van der Waals surface area contributed by atoms with Crippen LogP contribution >= 0.6 is 11.3 Å². The highest BCUT2D eigenvalue weighted by molar-refractivity contribution is 7.18. The summed E-state index contributed by atoms with van der Waals surface area (Å²) >= 11 is 1.67. The second kappa shape index (κ2) is 8.22. The highest BCUT2D eigenvalue weighted by Gasteiger charge is 2.16. The number of thiazole rings is 1. The van der Waals surface area contributed by atoms with Gasteiger partial charge < -0.3 is 14.8 Å². The number of nitrogens with one attached hydrogen (secondary N) is 1. The smallest absolute Gasteiger partial charge is 0.223 e. The number of fused-ring (bicyclic) bond motifs is 1. The number of carbonyl (C=O) groups excluding carboxylic acids is 1. The molecule has 1 N–H and O–H groups in total. The van der Waals surface area contributed by atoms with Crippen LogP contribution in [-0.2, 0) is 17.8 Å². The third kappa shape index (κ3) is 4.87. The molecule has 1 amide bonds. The average Bonchev–Trinajstić information content (AvgIpc) is 3.25. The van der Waals surface area contributed by atoms with Gasteiger partial charge in [0.05, 0.1) is 33.8 Å². The number of carbonyl (C=O) groups is 1. The Balaban J connectivity index is 1.62. The predicted molar refractivity (Wildman–Crippen MR) is 100 cm³/mol. The average molecular weight is 357 g/mol. The molecule has 0 bridgehead atoms. The summed E-state index contributed by atoms with van der Waals surface area (Å²) in [7, 11) is 4.03. The van der Waals surface area contributed by atoms with Crippen molar-refractivity contribution < 1.29 is 4.79 Å². The van der Waals surface area contributed by atoms with E-state index in [0.717, 1.165) is 22.8 Å². The van der Waals surface area contributed by atoms with Crippen molar-refractivity contribution in [3.63, 3.8) is 0 Å². The summed E-state index contributed by atoms with van der Waals surface area (Å²) < 4.78 is 1.17. The molecule has 25 heavy (non-hydrogen) atoms. The molecule has 0 atom stereocenters. The van der Waals surface area contributed by atoms with Gasteiger partial charge in [-0.15, -0.1) is 11.3 Å². The van der Waals surface area contributed by atoms with E-state index in [9.17, 15) is 4.79 Å². The van der Waals surface area contributed by atoms with E-state index in [2.05, 4.69) is 25.9 Å². The van der Waals surface area contributed by atoms with Crippen molar-refractivity contribution in [3.8, 4) is 0 Å². The lowest BCUT2D eigenvalue weighted by atomic mass is 10.2. The van der Waals surface area contributed by atoms with Gasteiger partial charge in [0.1, 0.15) is 0 Å². The number of aryl methyl sites for hydroxylation is 1. The Morgan fingerprint density at radius 3 is 2.80 bits per heavy atom. The minimum absolute atomic E-state index is 0.149. The molecule has 0 fully saturated rings. The summed E-state index contributed by atoms with van der Waals surface area (Å²) in [5.74, 6) is 0.149. The molecule has 0 aliphatic rings. The standard InChI is InChI=1S/C18H23N5OS/c1-22(2)9-10-23(12-14-11-19-13-20-14)18(24)8-7-17-21-15-5-3-4-6-16(15)25-17/h3-6,11,13H,7-10,12H2,1-2H3,(H,19,20). The molecular formula is C18H23N5OS. The van der Waals surface area contributed by atoms with Gasteiger partial charge >= 0.3 is 0 Å². The molecule has 3 aromatic rings. The number of rotatable bonds is 8. The van der Waals surface area contributed by atoms with Crippen LogP contribution in [0.5, 0.6) is 0 Å². The molecule has 1 aromatic carbocycles. The van der Waals surface area contributed by atoms with Crippen molar-refractivity contribution >= 4 is 27.5 Å². The first kappa shape index (κ1) is 17.6. The van der Waals surface area contributed by atoms with Crippen molar-refractivity contribution in [3.05, 3.63) is 47.5 Å². The number of benzene rings is 1. The zero-order valence-corrected chi connectivity index (χ0v) is 15.4. The third-order valence-corrected chi connectivity index (χ3v) is 5.07. The molecule has 6 nitrogen and oxygen atoms in total. The van der Waals surface area contributed by atoms with Gasteiger partial charge in [0.25, 0.3) is 0 Å². The van der Waals surface area contributed by atoms with E-state index in [1.165, 1.54) is 4.70 Å². The Bertz CT molecular complexity index is 779. The zero-order chi connectivity index (χ0) is 17.6. The van der Waals surface area contributed by atoms with Crippen molar-refractivity contribution in [2.24, 2.45) is 0 Å². The summed E-state index contributed by atoms with van der Waals surface area (Å²) in [4.78, 5) is 28.4. The van der Waals surface area contributed by atoms with Crippen LogP contribution in [-0.4, -0.2) is 57.8 Å². The molecule has 3 rings (SSSR count). The number of H-pyrrole nitrogens is 1. The number of para-hydroxylation sites is 1. The summed E-state index contributed by atoms with van der Waals surface area (Å²) in [6.07, 6.45) is 4.57. The number of amides is 1. The Morgan fingerprint density at radius 1 is 1.24 bits per heavy atom. The number of nitrogens with zero attached hydrogens (tertiary/aromatic N) is 4. The van der Waals surface area contributed by atoms with E-state index in [-0.39, 0.29) is 5.91 Å². The minimum atomic E-state index is 0.149. The van der Waals surface area contributed by atoms with E-state index in [1.54, 1.807) is 23.9 Å². The van der Waals surface area contributed by atoms with Gasteiger partial charge in [-0.2, -0.15) is 0 Å². The Morgan fingerprint density at radius 2 is 2.08 bits per heavy atom. The van der Waals surface area contributed by atoms with E-state index >= 15 is 0 Å². The summed E-state index contributed by atoms with van der Waals surface area (Å²) in [6.45, 7) is 2.10. The molecule has 0 spiro atoms. The van der Waals surface area contributed by atoms with Gasteiger partial charge in [-0.25, -0.2) is 9.97 Å². The SMILES string of the molecule is CN(C)CCN(Cc1cnc[nH]1)C(=O)CCc1nc2ccccc2s1. The van der Waals surface area contributed by atoms with Gasteiger partial charge in [-0.3, -0.25) is 4.79 Å². The first-order chi connectivity index (χ1) is 12.1. The van der Waals surface area contributed by atoms with Gasteiger partial charge in [0.2, 0.25) is 5.91 Å². The largest absolute Gasteiger partial charge is 0.347 e. The number of hydrogen-bond donors (Lipinski definition) is 1. The molecule has 7 heteroatoms. The van der Waals surface area contributed by atoms with E-state index in [4.69, 9.17) is 0 Å². The predicted octanol–water partition coefficient (Wildman–Crippen LogP) is 2.54. The number of hydrogen-bond acceptors (Lipinski definition) is 5. The highest BCUT2D eigenvalue weighted by Crippen LogP contribution is 2.22. The molecule has 132 valence electrons. The van der Waals surface area contributed by atoms with Crippen LogP contribution in [0.15, 0.2) is 36.8 Å². The first-order valence-corrected chi connectivity index (χ1v) is 9.17. The molecule has 0 saturated heterocycles. The molecule has 0 unspecified atom stereocenters. The second-order valence-electron chi connectivity index (χ2n) is 6.27. The topological polar surface area (TPSA) is 65.1 Å². The lowest BCUT2D eigenvalue weighted by Crippen LogP contribution is -2.36. The monoisotopic (exact) mass is 357 g/mol. The van der Waals surface area contributed by atoms with Gasteiger partial charge in [0.15, 0.2) is 0 Å². The van der Waals surface area contributed by atoms with Crippen LogP contribution in [0.4, 0.5) is 0 Å². The van der Waals surface area contributed by atoms with Crippen LogP contribution < -0.4 is 0 Å². The summed E-state index contributed by atoms with van der Waals surface area (Å²) in [6, 6.07) is 8.09. The second-order valence-corrected chi connectivity index (χ2v) is 7.39. The maximum Gasteiger partial charge on any atom is 0.223 e. The molecule has 2 aromatic heterocycles. The van der Waals surface area contributed by atoms with Gasteiger partial charge in [-0.05, 0) is 26.2 Å². The quantitative estimate of drug-likeness (QED) is 0.673. The fourth-order valence-electron chi connectivity index (χ4n) is 2.59. The molecule has 2 heterocycles. The van der Waals surface area contributed by atoms with E-state index < -0.39 is 0 Å². The van der Waals surface area contributed by atoms with Crippen molar-refractivity contribution in [1.29, 1.82) is 0 Å². The molecule has 0 radical (unpaired) electrons. The molecule has 0 saturated carbocycles. The van der Waals surface area contributed by atoms with Gasteiger partial charge in [0, 0.05) is 32.1 Å². The zero-order valence-electron chi connectivity index (χ0n) is 14.6. The van der Waals surface area contributed by atoms with Crippen LogP contribution in [0.3, 0.4) is 0 Å². The number of likely N-dealkylation sites (N-methyl/N-ethyl adjacent to an activating group) is 1. The normalized spacial score (nSPS) is 11.3. The Hall–Kier alpha value is -2.25. The third-order valence-electron chi connectivity index (χ3n) is 3.98. The van der Waals surface area contributed by atoms with E-state index in [1.807, 2.05) is 37.2 Å². The molecule has 0 aliphatic carbocycles. The van der Waals surface area contributed by atoms with Crippen molar-refractivity contribution in [2.75, 3.05) is 27.2 Å². The van der Waals surface area contributed by atoms with Gasteiger partial charge in [-0.1, -0.05) is 12.1 Å². The van der Waals surface area contributed by atoms with Crippen molar-refractivity contribution in [1.82, 2.24) is 24.8 Å². The first-order valence-electron chi connectivity index (χ1n) is 8.36. The van der Waals surface area contributed by atoms with Crippen LogP contribution in [0.1, 0.15) is 17.1 Å². The molecular weight excluding hydrogens is 334 g/mol. The van der Waals surface area contributed by atoms with Crippen molar-refractivity contribution in [2.45, 2.75) is 19.4 Å². The van der Waals surface area contributed by atoms with Crippen LogP contribution in [0.25, 0.3) is 10.2 Å². The maximum atomic E-state index is 12.7. The fraction of sp³-hybridized carbons (Fsp3) is 0.389. The summed E-state index contributed by atoms with van der Waals surface area (Å²) in [5.41, 5.74) is 1.96. The van der Waals surface area contributed by atoms with Crippen LogP contribution in [0.2, 0.25) is 0 Å². The summed E-state index contributed by atoms with van der Waals surface area (Å²) in [5, 5.41) is 1.02. The number of imidazole rings is 1. The maximum absolute atomic E-state index is 12.7. The Kier molecular flexibility index (Phi) is 5.78. The Labute approximate surface area is 151 Å². The van der Waals surface area contributed by atoms with E-state index in [0.29, 0.717) is 25.9 Å². The minimum Gasteiger partial charge on any atom is -0.347 e. The lowest BCUT2D eigenvalue weighted by molar-refractivity contribution is -0.132. The fourth-order valence-corrected chi connectivity index (χ4v) is 3.56.